The fourth-order valence-electron chi connectivity index (χ4n) is 10.0. The van der Waals surface area contributed by atoms with Gasteiger partial charge in [-0.2, -0.15) is 0 Å². The van der Waals surface area contributed by atoms with E-state index in [-0.39, 0.29) is 28.8 Å². The van der Waals surface area contributed by atoms with Gasteiger partial charge in [0.2, 0.25) is 0 Å². The van der Waals surface area contributed by atoms with Crippen LogP contribution in [0.25, 0.3) is 0 Å². The second-order valence-corrected chi connectivity index (χ2v) is 14.5. The zero-order valence-electron chi connectivity index (χ0n) is 23.9. The monoisotopic (exact) mass is 522 g/mol. The lowest BCUT2D eigenvalue weighted by molar-refractivity contribution is -0.237. The molecule has 4 rings (SSSR count). The molecule has 4 nitrogen and oxygen atoms in total. The first kappa shape index (κ1) is 28.2. The Hall–Kier alpha value is -0.770. The zero-order chi connectivity index (χ0) is 26.5. The predicted octanol–water partition coefficient (Wildman–Crippen LogP) is 7.94. The molecule has 0 bridgehead atoms. The van der Waals surface area contributed by atoms with Gasteiger partial charge in [0.25, 0.3) is 0 Å². The summed E-state index contributed by atoms with van der Waals surface area (Å²) < 4.78 is 11.9. The van der Waals surface area contributed by atoms with Gasteiger partial charge in [-0.25, -0.2) is 0 Å². The van der Waals surface area contributed by atoms with Crippen LogP contribution in [0.1, 0.15) is 119 Å². The maximum Gasteiger partial charge on any atom is 0.303 e. The van der Waals surface area contributed by atoms with E-state index >= 15 is 0 Å². The first-order chi connectivity index (χ1) is 16.8. The van der Waals surface area contributed by atoms with Crippen molar-refractivity contribution in [3.8, 4) is 0 Å². The van der Waals surface area contributed by atoms with Crippen LogP contribution >= 0.6 is 11.6 Å². The Morgan fingerprint density at radius 3 is 2.31 bits per heavy atom. The Morgan fingerprint density at radius 2 is 1.67 bits per heavy atom. The van der Waals surface area contributed by atoms with Crippen LogP contribution in [-0.2, 0) is 19.1 Å². The van der Waals surface area contributed by atoms with Gasteiger partial charge in [0, 0.05) is 25.7 Å². The second-order valence-electron chi connectivity index (χ2n) is 14.0. The maximum absolute atomic E-state index is 12.4. The van der Waals surface area contributed by atoms with Crippen LogP contribution < -0.4 is 0 Å². The molecule has 0 heterocycles. The number of carbonyl (C=O) groups is 2. The van der Waals surface area contributed by atoms with Crippen LogP contribution in [0, 0.1) is 46.3 Å². The molecule has 36 heavy (non-hydrogen) atoms. The summed E-state index contributed by atoms with van der Waals surface area (Å²) in [4.78, 5) is 24.2. The summed E-state index contributed by atoms with van der Waals surface area (Å²) in [5, 5.41) is -0.254. The van der Waals surface area contributed by atoms with Crippen LogP contribution in [0.5, 0.6) is 0 Å². The van der Waals surface area contributed by atoms with Gasteiger partial charge in [0.15, 0.2) is 0 Å². The number of esters is 2. The van der Waals surface area contributed by atoms with Crippen LogP contribution in [0.4, 0.5) is 0 Å². The van der Waals surface area contributed by atoms with E-state index in [1.165, 1.54) is 58.8 Å². The molecule has 4 fully saturated rings. The molecule has 4 aliphatic carbocycles. The molecule has 0 radical (unpaired) electrons. The molecule has 0 aliphatic heterocycles. The normalized spacial score (nSPS) is 44.8. The van der Waals surface area contributed by atoms with Crippen molar-refractivity contribution in [3.05, 3.63) is 0 Å². The molecule has 4 saturated carbocycles. The van der Waals surface area contributed by atoms with Crippen molar-refractivity contribution >= 4 is 23.5 Å². The lowest BCUT2D eigenvalue weighted by Gasteiger charge is -2.66. The highest BCUT2D eigenvalue weighted by Gasteiger charge is 2.69. The molecule has 0 aromatic carbocycles. The Kier molecular flexibility index (Phi) is 8.17. The standard InChI is InChI=1S/C31H51ClO4/c1-19(2)9-8-10-20(3)25-11-12-26-24-17-28(32)31(36-22(5)34)18-23(35-21(4)33)13-16-30(31,7)27(24)14-15-29(25,26)6/h19-20,23-28H,8-18H2,1-7H3/t20-,23+,24+,25-,26+,27+,28-,29-,30-,31+/m1/s1. The predicted molar refractivity (Wildman–Crippen MR) is 145 cm³/mol. The average Bonchev–Trinajstić information content (AvgIpc) is 3.12. The minimum Gasteiger partial charge on any atom is -0.462 e. The Balaban J connectivity index is 1.58. The molecular formula is C31H51ClO4. The van der Waals surface area contributed by atoms with Gasteiger partial charge in [0.1, 0.15) is 11.7 Å². The van der Waals surface area contributed by atoms with Crippen molar-refractivity contribution in [1.82, 2.24) is 0 Å². The van der Waals surface area contributed by atoms with Gasteiger partial charge in [-0.05, 0) is 85.9 Å². The first-order valence-corrected chi connectivity index (χ1v) is 15.3. The molecule has 0 N–H and O–H groups in total. The SMILES string of the molecule is CC(=O)O[C@H]1CC[C@]2(C)[C@H]3CC[C@]4(C)[C@@H]([C@H](C)CCCC(C)C)CC[C@H]4[C@@H]3C[C@@H](Cl)[C@@]2(OC(C)=O)C1. The Morgan fingerprint density at radius 1 is 0.944 bits per heavy atom. The van der Waals surface area contributed by atoms with Crippen LogP contribution in [0.2, 0.25) is 0 Å². The largest absolute Gasteiger partial charge is 0.462 e. The maximum atomic E-state index is 12.4. The van der Waals surface area contributed by atoms with Crippen molar-refractivity contribution in [2.75, 3.05) is 0 Å². The fraction of sp³-hybridized carbons (Fsp3) is 0.935. The number of hydrogen-bond donors (Lipinski definition) is 0. The smallest absolute Gasteiger partial charge is 0.303 e. The minimum absolute atomic E-state index is 0.188. The third-order valence-electron chi connectivity index (χ3n) is 11.6. The molecule has 206 valence electrons. The summed E-state index contributed by atoms with van der Waals surface area (Å²) in [5.74, 6) is 3.61. The summed E-state index contributed by atoms with van der Waals surface area (Å²) in [6.45, 7) is 15.1. The summed E-state index contributed by atoms with van der Waals surface area (Å²) in [7, 11) is 0. The molecule has 0 saturated heterocycles. The van der Waals surface area contributed by atoms with Gasteiger partial charge in [-0.3, -0.25) is 9.59 Å². The molecule has 0 spiro atoms. The van der Waals surface area contributed by atoms with E-state index in [0.29, 0.717) is 29.6 Å². The fourth-order valence-corrected chi connectivity index (χ4v) is 10.6. The lowest BCUT2D eigenvalue weighted by Crippen LogP contribution is -2.69. The van der Waals surface area contributed by atoms with E-state index in [1.54, 1.807) is 0 Å². The number of alkyl halides is 1. The van der Waals surface area contributed by atoms with Crippen LogP contribution in [0.3, 0.4) is 0 Å². The molecule has 4 aliphatic rings. The van der Waals surface area contributed by atoms with E-state index in [9.17, 15) is 9.59 Å². The molecule has 0 aromatic heterocycles. The van der Waals surface area contributed by atoms with E-state index in [0.717, 1.165) is 37.0 Å². The highest BCUT2D eigenvalue weighted by Crippen LogP contribution is 2.70. The highest BCUT2D eigenvalue weighted by atomic mass is 35.5. The van der Waals surface area contributed by atoms with Gasteiger partial charge in [0.05, 0.1) is 5.38 Å². The summed E-state index contributed by atoms with van der Waals surface area (Å²) in [6, 6.07) is 0. The molecular weight excluding hydrogens is 472 g/mol. The summed E-state index contributed by atoms with van der Waals surface area (Å²) in [5.41, 5.74) is -0.565. The summed E-state index contributed by atoms with van der Waals surface area (Å²) >= 11 is 7.32. The number of fused-ring (bicyclic) bond motifs is 5. The van der Waals surface area contributed by atoms with E-state index in [2.05, 4.69) is 34.6 Å². The lowest BCUT2D eigenvalue weighted by atomic mass is 9.42. The quantitative estimate of drug-likeness (QED) is 0.251. The number of rotatable bonds is 7. The van der Waals surface area contributed by atoms with Crippen molar-refractivity contribution in [2.24, 2.45) is 46.3 Å². The second kappa shape index (κ2) is 10.4. The van der Waals surface area contributed by atoms with Gasteiger partial charge in [-0.1, -0.05) is 53.9 Å². The van der Waals surface area contributed by atoms with E-state index in [4.69, 9.17) is 21.1 Å². The van der Waals surface area contributed by atoms with Crippen LogP contribution in [0.15, 0.2) is 0 Å². The van der Waals surface area contributed by atoms with E-state index < -0.39 is 5.60 Å². The number of ether oxygens (including phenoxy) is 2. The van der Waals surface area contributed by atoms with Gasteiger partial charge < -0.3 is 9.47 Å². The van der Waals surface area contributed by atoms with Gasteiger partial charge in [-0.15, -0.1) is 11.6 Å². The molecule has 0 amide bonds. The van der Waals surface area contributed by atoms with Crippen molar-refractivity contribution in [1.29, 1.82) is 0 Å². The van der Waals surface area contributed by atoms with Crippen molar-refractivity contribution in [3.63, 3.8) is 0 Å². The van der Waals surface area contributed by atoms with E-state index in [1.807, 2.05) is 0 Å². The van der Waals surface area contributed by atoms with Crippen molar-refractivity contribution in [2.45, 2.75) is 136 Å². The third-order valence-corrected chi connectivity index (χ3v) is 12.1. The topological polar surface area (TPSA) is 52.6 Å². The Labute approximate surface area is 225 Å². The third kappa shape index (κ3) is 4.75. The number of halogens is 1. The molecule has 10 atom stereocenters. The average molecular weight is 523 g/mol. The highest BCUT2D eigenvalue weighted by molar-refractivity contribution is 6.21. The van der Waals surface area contributed by atoms with Gasteiger partial charge >= 0.3 is 11.9 Å². The molecule has 5 heteroatoms. The van der Waals surface area contributed by atoms with Crippen molar-refractivity contribution < 1.29 is 19.1 Å². The first-order valence-electron chi connectivity index (χ1n) is 14.8. The zero-order valence-corrected chi connectivity index (χ0v) is 24.7. The summed E-state index contributed by atoms with van der Waals surface area (Å²) in [6.07, 6.45) is 12.1. The number of hydrogen-bond acceptors (Lipinski definition) is 4. The minimum atomic E-state index is -0.768. The van der Waals surface area contributed by atoms with Crippen LogP contribution in [-0.4, -0.2) is 29.0 Å². The Bertz CT molecular complexity index is 827. The molecule has 0 unspecified atom stereocenters. The molecule has 0 aromatic rings. The number of carbonyl (C=O) groups excluding carboxylic acids is 2.